The number of benzene rings is 1. The van der Waals surface area contributed by atoms with Crippen LogP contribution >= 0.6 is 0 Å². The molecule has 0 aliphatic heterocycles. The molecule has 1 amide bonds. The maximum absolute atomic E-state index is 11.2. The standard InChI is InChI=1S/C13H19N3O5/c1-14-13(17)9-21-12-7-10(8-15-5-6-20-2)3-4-11(12)16(18)19/h3-4,7,15H,5-6,8-9H2,1-2H3,(H,14,17). The van der Waals surface area contributed by atoms with Gasteiger partial charge in [-0.1, -0.05) is 6.07 Å². The highest BCUT2D eigenvalue weighted by molar-refractivity contribution is 5.77. The zero-order valence-corrected chi connectivity index (χ0v) is 12.0. The summed E-state index contributed by atoms with van der Waals surface area (Å²) < 4.78 is 10.1. The van der Waals surface area contributed by atoms with Gasteiger partial charge in [-0.15, -0.1) is 0 Å². The Morgan fingerprint density at radius 1 is 1.43 bits per heavy atom. The van der Waals surface area contributed by atoms with Crippen LogP contribution in [0.3, 0.4) is 0 Å². The van der Waals surface area contributed by atoms with Crippen molar-refractivity contribution in [3.63, 3.8) is 0 Å². The van der Waals surface area contributed by atoms with E-state index >= 15 is 0 Å². The summed E-state index contributed by atoms with van der Waals surface area (Å²) in [5.41, 5.74) is 0.656. The number of nitro groups is 1. The molecule has 0 aliphatic carbocycles. The number of methoxy groups -OCH3 is 1. The molecule has 116 valence electrons. The molecule has 0 spiro atoms. The van der Waals surface area contributed by atoms with Crippen LogP contribution in [0.5, 0.6) is 5.75 Å². The second-order valence-electron chi connectivity index (χ2n) is 4.19. The monoisotopic (exact) mass is 297 g/mol. The van der Waals surface area contributed by atoms with Crippen LogP contribution in [0.15, 0.2) is 18.2 Å². The van der Waals surface area contributed by atoms with E-state index in [2.05, 4.69) is 10.6 Å². The average molecular weight is 297 g/mol. The van der Waals surface area contributed by atoms with Gasteiger partial charge >= 0.3 is 5.69 Å². The Balaban J connectivity index is 2.75. The van der Waals surface area contributed by atoms with Crippen LogP contribution in [0.25, 0.3) is 0 Å². The molecule has 2 N–H and O–H groups in total. The van der Waals surface area contributed by atoms with Gasteiger partial charge in [0.05, 0.1) is 11.5 Å². The first-order valence-corrected chi connectivity index (χ1v) is 6.38. The van der Waals surface area contributed by atoms with Crippen molar-refractivity contribution in [3.8, 4) is 5.75 Å². The van der Waals surface area contributed by atoms with E-state index in [1.54, 1.807) is 19.2 Å². The van der Waals surface area contributed by atoms with E-state index in [4.69, 9.17) is 9.47 Å². The summed E-state index contributed by atoms with van der Waals surface area (Å²) in [6, 6.07) is 4.57. The van der Waals surface area contributed by atoms with Crippen molar-refractivity contribution in [2.75, 3.05) is 33.9 Å². The van der Waals surface area contributed by atoms with Crippen molar-refractivity contribution in [2.24, 2.45) is 0 Å². The van der Waals surface area contributed by atoms with E-state index in [9.17, 15) is 14.9 Å². The van der Waals surface area contributed by atoms with Gasteiger partial charge in [0.15, 0.2) is 12.4 Å². The average Bonchev–Trinajstić information content (AvgIpc) is 2.49. The normalized spacial score (nSPS) is 10.2. The lowest BCUT2D eigenvalue weighted by atomic mass is 10.2. The SMILES string of the molecule is CNC(=O)COc1cc(CNCCOC)ccc1[N+](=O)[O-]. The van der Waals surface area contributed by atoms with Gasteiger partial charge in [-0.25, -0.2) is 0 Å². The van der Waals surface area contributed by atoms with E-state index in [1.807, 2.05) is 0 Å². The summed E-state index contributed by atoms with van der Waals surface area (Å²) in [5, 5.41) is 16.5. The molecule has 21 heavy (non-hydrogen) atoms. The summed E-state index contributed by atoms with van der Waals surface area (Å²) in [7, 11) is 3.08. The summed E-state index contributed by atoms with van der Waals surface area (Å²) in [6.45, 7) is 1.50. The number of carbonyl (C=O) groups excluding carboxylic acids is 1. The Hall–Kier alpha value is -2.19. The van der Waals surface area contributed by atoms with Gasteiger partial charge in [0.2, 0.25) is 0 Å². The fraction of sp³-hybridized carbons (Fsp3) is 0.462. The van der Waals surface area contributed by atoms with Gasteiger partial charge in [0, 0.05) is 33.3 Å². The van der Waals surface area contributed by atoms with Crippen molar-refractivity contribution in [1.29, 1.82) is 0 Å². The number of likely N-dealkylation sites (N-methyl/N-ethyl adjacent to an activating group) is 1. The molecule has 1 aromatic carbocycles. The van der Waals surface area contributed by atoms with Crippen molar-refractivity contribution >= 4 is 11.6 Å². The summed E-state index contributed by atoms with van der Waals surface area (Å²) >= 11 is 0. The smallest absolute Gasteiger partial charge is 0.310 e. The van der Waals surface area contributed by atoms with E-state index in [-0.39, 0.29) is 24.0 Å². The third-order valence-electron chi connectivity index (χ3n) is 2.67. The first-order valence-electron chi connectivity index (χ1n) is 6.38. The number of nitro benzene ring substituents is 1. The maximum Gasteiger partial charge on any atom is 0.310 e. The third-order valence-corrected chi connectivity index (χ3v) is 2.67. The molecule has 0 aliphatic rings. The first-order chi connectivity index (χ1) is 10.1. The first kappa shape index (κ1) is 16.9. The molecule has 8 heteroatoms. The van der Waals surface area contributed by atoms with Crippen LogP contribution in [0, 0.1) is 10.1 Å². The fourth-order valence-electron chi connectivity index (χ4n) is 1.56. The number of nitrogens with one attached hydrogen (secondary N) is 2. The Labute approximate surface area is 122 Å². The van der Waals surface area contributed by atoms with Crippen LogP contribution in [-0.4, -0.2) is 44.7 Å². The molecule has 0 bridgehead atoms. The minimum absolute atomic E-state index is 0.0784. The second-order valence-corrected chi connectivity index (χ2v) is 4.19. The lowest BCUT2D eigenvalue weighted by molar-refractivity contribution is -0.385. The van der Waals surface area contributed by atoms with Gasteiger partial charge in [-0.3, -0.25) is 14.9 Å². The molecule has 1 rings (SSSR count). The minimum Gasteiger partial charge on any atom is -0.477 e. The summed E-state index contributed by atoms with van der Waals surface area (Å²) in [4.78, 5) is 21.6. The Morgan fingerprint density at radius 3 is 2.81 bits per heavy atom. The van der Waals surface area contributed by atoms with Crippen molar-refractivity contribution < 1.29 is 19.2 Å². The highest BCUT2D eigenvalue weighted by Crippen LogP contribution is 2.27. The molecular formula is C13H19N3O5. The van der Waals surface area contributed by atoms with Gasteiger partial charge in [0.25, 0.3) is 5.91 Å². The van der Waals surface area contributed by atoms with Crippen LogP contribution in [-0.2, 0) is 16.1 Å². The molecule has 0 unspecified atom stereocenters. The van der Waals surface area contributed by atoms with E-state index < -0.39 is 4.92 Å². The number of nitrogens with zero attached hydrogens (tertiary/aromatic N) is 1. The molecule has 8 nitrogen and oxygen atoms in total. The van der Waals surface area contributed by atoms with Crippen molar-refractivity contribution in [2.45, 2.75) is 6.54 Å². The van der Waals surface area contributed by atoms with Crippen LogP contribution in [0.4, 0.5) is 5.69 Å². The maximum atomic E-state index is 11.2. The predicted molar refractivity (Wildman–Crippen MR) is 76.2 cm³/mol. The lowest BCUT2D eigenvalue weighted by Crippen LogP contribution is -2.25. The summed E-state index contributed by atoms with van der Waals surface area (Å²) in [6.07, 6.45) is 0. The Kier molecular flexibility index (Phi) is 7.13. The van der Waals surface area contributed by atoms with Crippen LogP contribution in [0.2, 0.25) is 0 Å². The zero-order chi connectivity index (χ0) is 15.7. The molecule has 0 aromatic heterocycles. The molecule has 0 saturated carbocycles. The Morgan fingerprint density at radius 2 is 2.19 bits per heavy atom. The topological polar surface area (TPSA) is 103 Å². The molecule has 0 fully saturated rings. The van der Waals surface area contributed by atoms with E-state index in [0.717, 1.165) is 5.56 Å². The predicted octanol–water partition coefficient (Wildman–Crippen LogP) is 0.456. The van der Waals surface area contributed by atoms with Crippen molar-refractivity contribution in [1.82, 2.24) is 10.6 Å². The third kappa shape index (κ3) is 5.76. The molecule has 0 radical (unpaired) electrons. The number of carbonyl (C=O) groups is 1. The molecule has 0 atom stereocenters. The zero-order valence-electron chi connectivity index (χ0n) is 12.0. The number of hydrogen-bond acceptors (Lipinski definition) is 6. The lowest BCUT2D eigenvalue weighted by Gasteiger charge is -2.09. The molecule has 0 saturated heterocycles. The quantitative estimate of drug-likeness (QED) is 0.390. The largest absolute Gasteiger partial charge is 0.477 e. The number of ether oxygens (including phenoxy) is 2. The van der Waals surface area contributed by atoms with Crippen LogP contribution in [0.1, 0.15) is 5.56 Å². The molecular weight excluding hydrogens is 278 g/mol. The highest BCUT2D eigenvalue weighted by atomic mass is 16.6. The van der Waals surface area contributed by atoms with Gasteiger partial charge in [-0.2, -0.15) is 0 Å². The van der Waals surface area contributed by atoms with Gasteiger partial charge in [0.1, 0.15) is 0 Å². The number of hydrogen-bond donors (Lipinski definition) is 2. The Bertz CT molecular complexity index is 493. The molecule has 1 aromatic rings. The number of amides is 1. The number of rotatable bonds is 9. The van der Waals surface area contributed by atoms with Crippen molar-refractivity contribution in [3.05, 3.63) is 33.9 Å². The van der Waals surface area contributed by atoms with Gasteiger partial charge in [-0.05, 0) is 11.6 Å². The molecule has 0 heterocycles. The van der Waals surface area contributed by atoms with Gasteiger partial charge < -0.3 is 20.1 Å². The van der Waals surface area contributed by atoms with E-state index in [0.29, 0.717) is 19.7 Å². The van der Waals surface area contributed by atoms with Crippen LogP contribution < -0.4 is 15.4 Å². The fourth-order valence-corrected chi connectivity index (χ4v) is 1.56. The minimum atomic E-state index is -0.540. The highest BCUT2D eigenvalue weighted by Gasteiger charge is 2.16. The van der Waals surface area contributed by atoms with E-state index in [1.165, 1.54) is 13.1 Å². The second kappa shape index (κ2) is 8.88. The summed E-state index contributed by atoms with van der Waals surface area (Å²) in [5.74, 6) is -0.275.